The Morgan fingerprint density at radius 1 is 0.952 bits per heavy atom. The van der Waals surface area contributed by atoms with E-state index in [9.17, 15) is 4.79 Å². The lowest BCUT2D eigenvalue weighted by atomic mass is 10.1. The van der Waals surface area contributed by atoms with Gasteiger partial charge in [-0.05, 0) is 31.0 Å². The van der Waals surface area contributed by atoms with Crippen molar-refractivity contribution in [3.8, 4) is 0 Å². The summed E-state index contributed by atoms with van der Waals surface area (Å²) in [4.78, 5) is 15.3. The largest absolute Gasteiger partial charge is 0.359 e. The van der Waals surface area contributed by atoms with Gasteiger partial charge in [0.2, 0.25) is 0 Å². The van der Waals surface area contributed by atoms with Crippen LogP contribution in [0.1, 0.15) is 11.1 Å². The summed E-state index contributed by atoms with van der Waals surface area (Å²) >= 11 is 0. The molecule has 21 heavy (non-hydrogen) atoms. The predicted molar refractivity (Wildman–Crippen MR) is 86.9 cm³/mol. The van der Waals surface area contributed by atoms with Gasteiger partial charge >= 0.3 is 6.03 Å². The number of fused-ring (bicyclic) bond motifs is 1. The minimum absolute atomic E-state index is 0.239. The minimum Gasteiger partial charge on any atom is -0.359 e. The fourth-order valence-electron chi connectivity index (χ4n) is 2.45. The zero-order chi connectivity index (χ0) is 14.8. The Balaban J connectivity index is 1.81. The molecule has 1 heterocycles. The summed E-state index contributed by atoms with van der Waals surface area (Å²) in [5.74, 6) is 0. The van der Waals surface area contributed by atoms with Gasteiger partial charge in [0, 0.05) is 22.8 Å². The second kappa shape index (κ2) is 5.32. The zero-order valence-corrected chi connectivity index (χ0v) is 12.0. The van der Waals surface area contributed by atoms with E-state index in [1.807, 2.05) is 56.3 Å². The summed E-state index contributed by atoms with van der Waals surface area (Å²) in [5.41, 5.74) is 4.72. The van der Waals surface area contributed by atoms with Crippen LogP contribution in [0.4, 0.5) is 16.2 Å². The Kier molecular flexibility index (Phi) is 3.36. The van der Waals surface area contributed by atoms with E-state index in [-0.39, 0.29) is 6.03 Å². The molecule has 1 aromatic heterocycles. The van der Waals surface area contributed by atoms with E-state index in [0.29, 0.717) is 0 Å². The maximum Gasteiger partial charge on any atom is 0.323 e. The van der Waals surface area contributed by atoms with Crippen LogP contribution in [0.15, 0.2) is 48.7 Å². The van der Waals surface area contributed by atoms with Crippen LogP contribution in [0.25, 0.3) is 10.9 Å². The fraction of sp³-hybridized carbons (Fsp3) is 0.118. The molecular weight excluding hydrogens is 262 g/mol. The molecule has 4 heteroatoms. The van der Waals surface area contributed by atoms with E-state index in [1.165, 1.54) is 0 Å². The number of H-pyrrole nitrogens is 1. The van der Waals surface area contributed by atoms with Crippen LogP contribution >= 0.6 is 0 Å². The average Bonchev–Trinajstić information content (AvgIpc) is 2.87. The number of para-hydroxylation sites is 2. The van der Waals surface area contributed by atoms with E-state index in [0.717, 1.165) is 33.4 Å². The summed E-state index contributed by atoms with van der Waals surface area (Å²) in [6, 6.07) is 13.6. The number of benzene rings is 2. The third-order valence-corrected chi connectivity index (χ3v) is 3.56. The van der Waals surface area contributed by atoms with Crippen molar-refractivity contribution < 1.29 is 4.79 Å². The van der Waals surface area contributed by atoms with Gasteiger partial charge < -0.3 is 15.6 Å². The maximum absolute atomic E-state index is 12.2. The molecule has 106 valence electrons. The number of hydrogen-bond donors (Lipinski definition) is 3. The number of aryl methyl sites for hydroxylation is 2. The van der Waals surface area contributed by atoms with Crippen LogP contribution in [0.2, 0.25) is 0 Å². The highest BCUT2D eigenvalue weighted by atomic mass is 16.2. The van der Waals surface area contributed by atoms with Crippen LogP contribution in [-0.4, -0.2) is 11.0 Å². The molecule has 4 nitrogen and oxygen atoms in total. The molecule has 0 radical (unpaired) electrons. The van der Waals surface area contributed by atoms with Crippen molar-refractivity contribution in [1.82, 2.24) is 4.98 Å². The first kappa shape index (κ1) is 13.2. The molecular formula is C17H17N3O. The van der Waals surface area contributed by atoms with Crippen molar-refractivity contribution in [2.45, 2.75) is 13.8 Å². The van der Waals surface area contributed by atoms with Crippen LogP contribution in [0.3, 0.4) is 0 Å². The van der Waals surface area contributed by atoms with Crippen molar-refractivity contribution >= 4 is 28.3 Å². The lowest BCUT2D eigenvalue weighted by Crippen LogP contribution is -2.20. The summed E-state index contributed by atoms with van der Waals surface area (Å²) in [5, 5.41) is 6.80. The molecule has 3 N–H and O–H groups in total. The number of hydrogen-bond acceptors (Lipinski definition) is 1. The molecule has 2 aromatic carbocycles. The van der Waals surface area contributed by atoms with Gasteiger partial charge in [-0.3, -0.25) is 0 Å². The predicted octanol–water partition coefficient (Wildman–Crippen LogP) is 4.43. The first-order chi connectivity index (χ1) is 10.1. The van der Waals surface area contributed by atoms with Crippen LogP contribution in [-0.2, 0) is 0 Å². The number of carbonyl (C=O) groups excluding carboxylic acids is 1. The van der Waals surface area contributed by atoms with E-state index < -0.39 is 0 Å². The summed E-state index contributed by atoms with van der Waals surface area (Å²) < 4.78 is 0. The van der Waals surface area contributed by atoms with Crippen LogP contribution in [0, 0.1) is 13.8 Å². The second-order valence-electron chi connectivity index (χ2n) is 5.09. The molecule has 0 atom stereocenters. The molecule has 0 aliphatic rings. The molecule has 0 saturated heterocycles. The topological polar surface area (TPSA) is 56.9 Å². The van der Waals surface area contributed by atoms with Crippen LogP contribution < -0.4 is 10.6 Å². The summed E-state index contributed by atoms with van der Waals surface area (Å²) in [6.45, 7) is 3.96. The highest BCUT2D eigenvalue weighted by Gasteiger charge is 2.09. The van der Waals surface area contributed by atoms with Crippen molar-refractivity contribution in [3.05, 3.63) is 59.8 Å². The Bertz CT molecular complexity index is 784. The first-order valence-corrected chi connectivity index (χ1v) is 6.85. The Labute approximate surface area is 123 Å². The Morgan fingerprint density at radius 3 is 2.43 bits per heavy atom. The highest BCUT2D eigenvalue weighted by molar-refractivity contribution is 6.06. The lowest BCUT2D eigenvalue weighted by molar-refractivity contribution is 0.262. The number of anilines is 2. The number of aromatic amines is 1. The number of carbonyl (C=O) groups is 1. The number of aromatic nitrogens is 1. The monoisotopic (exact) mass is 279 g/mol. The standard InChI is InChI=1S/C17H17N3O/c1-11-6-5-7-12(2)16(11)20-17(21)19-15-10-18-14-9-4-3-8-13(14)15/h3-10,18H,1-2H3,(H2,19,20,21). The highest BCUT2D eigenvalue weighted by Crippen LogP contribution is 2.23. The van der Waals surface area contributed by atoms with Crippen molar-refractivity contribution in [2.75, 3.05) is 10.6 Å². The van der Waals surface area contributed by atoms with E-state index >= 15 is 0 Å². The van der Waals surface area contributed by atoms with E-state index in [2.05, 4.69) is 15.6 Å². The van der Waals surface area contributed by atoms with Gasteiger partial charge in [-0.2, -0.15) is 0 Å². The Hall–Kier alpha value is -2.75. The zero-order valence-electron chi connectivity index (χ0n) is 12.0. The molecule has 2 amide bonds. The number of amides is 2. The molecule has 0 unspecified atom stereocenters. The molecule has 0 spiro atoms. The third-order valence-electron chi connectivity index (χ3n) is 3.56. The molecule has 3 rings (SSSR count). The quantitative estimate of drug-likeness (QED) is 0.638. The molecule has 0 bridgehead atoms. The van der Waals surface area contributed by atoms with Crippen molar-refractivity contribution in [1.29, 1.82) is 0 Å². The van der Waals surface area contributed by atoms with Crippen molar-refractivity contribution in [3.63, 3.8) is 0 Å². The number of rotatable bonds is 2. The number of nitrogens with one attached hydrogen (secondary N) is 3. The molecule has 3 aromatic rings. The normalized spacial score (nSPS) is 10.6. The second-order valence-corrected chi connectivity index (χ2v) is 5.09. The molecule has 0 aliphatic carbocycles. The van der Waals surface area contributed by atoms with Crippen LogP contribution in [0.5, 0.6) is 0 Å². The van der Waals surface area contributed by atoms with Gasteiger partial charge in [0.15, 0.2) is 0 Å². The maximum atomic E-state index is 12.2. The first-order valence-electron chi connectivity index (χ1n) is 6.85. The van der Waals surface area contributed by atoms with Gasteiger partial charge in [-0.1, -0.05) is 36.4 Å². The average molecular weight is 279 g/mol. The third kappa shape index (κ3) is 2.60. The summed E-state index contributed by atoms with van der Waals surface area (Å²) in [6.07, 6.45) is 1.80. The van der Waals surface area contributed by atoms with Gasteiger partial charge in [0.1, 0.15) is 0 Å². The fourth-order valence-corrected chi connectivity index (χ4v) is 2.45. The SMILES string of the molecule is Cc1cccc(C)c1NC(=O)Nc1c[nH]c2ccccc12. The van der Waals surface area contributed by atoms with Crippen molar-refractivity contribution in [2.24, 2.45) is 0 Å². The smallest absolute Gasteiger partial charge is 0.323 e. The number of urea groups is 1. The minimum atomic E-state index is -0.239. The summed E-state index contributed by atoms with van der Waals surface area (Å²) in [7, 11) is 0. The molecule has 0 fully saturated rings. The Morgan fingerprint density at radius 2 is 1.67 bits per heavy atom. The van der Waals surface area contributed by atoms with Gasteiger partial charge in [-0.25, -0.2) is 4.79 Å². The lowest BCUT2D eigenvalue weighted by Gasteiger charge is -2.12. The van der Waals surface area contributed by atoms with Gasteiger partial charge in [0.25, 0.3) is 0 Å². The molecule has 0 aliphatic heterocycles. The van der Waals surface area contributed by atoms with Gasteiger partial charge in [-0.15, -0.1) is 0 Å². The van der Waals surface area contributed by atoms with E-state index in [1.54, 1.807) is 6.20 Å². The molecule has 0 saturated carbocycles. The van der Waals surface area contributed by atoms with Gasteiger partial charge in [0.05, 0.1) is 5.69 Å². The van der Waals surface area contributed by atoms with E-state index in [4.69, 9.17) is 0 Å².